The molecule has 0 aromatic heterocycles. The van der Waals surface area contributed by atoms with Gasteiger partial charge in [0.05, 0.1) is 0 Å². The molecule has 1 aliphatic rings. The summed E-state index contributed by atoms with van der Waals surface area (Å²) in [5.41, 5.74) is 7.40. The fourth-order valence-electron chi connectivity index (χ4n) is 2.69. The monoisotopic (exact) mass is 304 g/mol. The summed E-state index contributed by atoms with van der Waals surface area (Å²) in [4.78, 5) is 16.9. The normalized spacial score (nSPS) is 17.6. The van der Waals surface area contributed by atoms with Crippen molar-refractivity contribution in [2.45, 2.75) is 32.9 Å². The number of anilines is 1. The average molecular weight is 304 g/mol. The molecule has 1 amide bonds. The molecule has 22 heavy (non-hydrogen) atoms. The van der Waals surface area contributed by atoms with Gasteiger partial charge in [-0.2, -0.15) is 0 Å². The zero-order valence-electron chi connectivity index (χ0n) is 13.9. The minimum absolute atomic E-state index is 0.00344. The molecule has 5 heteroatoms. The zero-order chi connectivity index (χ0) is 16.1. The maximum atomic E-state index is 12.0. The van der Waals surface area contributed by atoms with Crippen molar-refractivity contribution >= 4 is 11.6 Å². The van der Waals surface area contributed by atoms with E-state index in [-0.39, 0.29) is 11.9 Å². The molecule has 2 rings (SSSR count). The van der Waals surface area contributed by atoms with Crippen LogP contribution in [0.3, 0.4) is 0 Å². The van der Waals surface area contributed by atoms with Crippen LogP contribution in [-0.2, 0) is 0 Å². The minimum atomic E-state index is -0.0610. The lowest BCUT2D eigenvalue weighted by Gasteiger charge is -2.38. The van der Waals surface area contributed by atoms with Crippen LogP contribution >= 0.6 is 0 Å². The number of nitrogens with two attached hydrogens (primary N) is 1. The second-order valence-corrected chi connectivity index (χ2v) is 6.27. The summed E-state index contributed by atoms with van der Waals surface area (Å²) in [6.45, 7) is 11.1. The first-order valence-electron chi connectivity index (χ1n) is 8.11. The molecular weight excluding hydrogens is 276 g/mol. The van der Waals surface area contributed by atoms with Crippen molar-refractivity contribution in [3.05, 3.63) is 29.8 Å². The first kappa shape index (κ1) is 16.8. The van der Waals surface area contributed by atoms with Crippen molar-refractivity contribution in [1.82, 2.24) is 10.2 Å². The second-order valence-electron chi connectivity index (χ2n) is 6.27. The topological polar surface area (TPSA) is 61.6 Å². The fourth-order valence-corrected chi connectivity index (χ4v) is 2.69. The first-order chi connectivity index (χ1) is 10.5. The van der Waals surface area contributed by atoms with Crippen LogP contribution in [-0.4, -0.2) is 55.6 Å². The maximum absolute atomic E-state index is 12.0. The molecule has 122 valence electrons. The summed E-state index contributed by atoms with van der Waals surface area (Å²) in [5, 5.41) is 2.88. The van der Waals surface area contributed by atoms with Crippen LogP contribution in [0.1, 0.15) is 31.1 Å². The highest BCUT2D eigenvalue weighted by molar-refractivity contribution is 5.94. The number of carbonyl (C=O) groups excluding carboxylic acids is 1. The number of nitrogens with zero attached hydrogens (tertiary/aromatic N) is 2. The van der Waals surface area contributed by atoms with E-state index >= 15 is 0 Å². The smallest absolute Gasteiger partial charge is 0.251 e. The fraction of sp³-hybridized carbons (Fsp3) is 0.588. The van der Waals surface area contributed by atoms with Crippen LogP contribution in [0.25, 0.3) is 0 Å². The number of carbonyl (C=O) groups is 1. The Hall–Kier alpha value is -1.59. The average Bonchev–Trinajstić information content (AvgIpc) is 2.55. The minimum Gasteiger partial charge on any atom is -0.369 e. The van der Waals surface area contributed by atoms with E-state index in [0.717, 1.165) is 26.2 Å². The Morgan fingerprint density at radius 1 is 1.14 bits per heavy atom. The largest absolute Gasteiger partial charge is 0.369 e. The predicted octanol–water partition coefficient (Wildman–Crippen LogP) is 1.29. The number of benzene rings is 1. The van der Waals surface area contributed by atoms with E-state index in [2.05, 4.69) is 29.0 Å². The number of nitrogens with one attached hydrogen (secondary N) is 1. The van der Waals surface area contributed by atoms with Gasteiger partial charge in [0.15, 0.2) is 0 Å². The van der Waals surface area contributed by atoms with Crippen molar-refractivity contribution in [3.8, 4) is 0 Å². The molecule has 1 aromatic carbocycles. The van der Waals surface area contributed by atoms with Crippen LogP contribution in [0.5, 0.6) is 0 Å². The summed E-state index contributed by atoms with van der Waals surface area (Å²) >= 11 is 0. The summed E-state index contributed by atoms with van der Waals surface area (Å²) < 4.78 is 0. The molecule has 0 aliphatic carbocycles. The van der Waals surface area contributed by atoms with Gasteiger partial charge in [-0.3, -0.25) is 9.69 Å². The molecule has 1 saturated heterocycles. The van der Waals surface area contributed by atoms with Crippen molar-refractivity contribution in [1.29, 1.82) is 0 Å². The summed E-state index contributed by atoms with van der Waals surface area (Å²) in [6, 6.07) is 8.46. The van der Waals surface area contributed by atoms with Crippen LogP contribution < -0.4 is 16.0 Å². The molecule has 1 atom stereocenters. The van der Waals surface area contributed by atoms with E-state index in [4.69, 9.17) is 5.73 Å². The standard InChI is InChI=1S/C17H28N4O/c1-13(2)20-8-10-21(11-9-20)16-6-4-15(5-7-16)17(22)19-14(3)12-18/h4-7,13-14H,8-12,18H2,1-3H3,(H,19,22)/t14-/m0/s1. The number of amides is 1. The first-order valence-corrected chi connectivity index (χ1v) is 8.11. The Morgan fingerprint density at radius 3 is 2.23 bits per heavy atom. The summed E-state index contributed by atoms with van der Waals surface area (Å²) in [6.07, 6.45) is 0. The number of rotatable bonds is 5. The van der Waals surface area contributed by atoms with Crippen molar-refractivity contribution in [2.75, 3.05) is 37.6 Å². The Kier molecular flexibility index (Phi) is 5.80. The highest BCUT2D eigenvalue weighted by Crippen LogP contribution is 2.18. The lowest BCUT2D eigenvalue weighted by atomic mass is 10.1. The Balaban J connectivity index is 1.94. The van der Waals surface area contributed by atoms with Crippen molar-refractivity contribution in [3.63, 3.8) is 0 Å². The van der Waals surface area contributed by atoms with Gasteiger partial charge in [-0.1, -0.05) is 0 Å². The summed E-state index contributed by atoms with van der Waals surface area (Å²) in [7, 11) is 0. The van der Waals surface area contributed by atoms with E-state index in [1.807, 2.05) is 31.2 Å². The van der Waals surface area contributed by atoms with Gasteiger partial charge in [0.2, 0.25) is 0 Å². The van der Waals surface area contributed by atoms with Crippen LogP contribution in [0.4, 0.5) is 5.69 Å². The molecule has 0 radical (unpaired) electrons. The van der Waals surface area contributed by atoms with Crippen LogP contribution in [0.2, 0.25) is 0 Å². The summed E-state index contributed by atoms with van der Waals surface area (Å²) in [5.74, 6) is -0.0610. The van der Waals surface area contributed by atoms with Gasteiger partial charge in [0.25, 0.3) is 5.91 Å². The van der Waals surface area contributed by atoms with Gasteiger partial charge < -0.3 is 16.0 Å². The predicted molar refractivity (Wildman–Crippen MR) is 91.3 cm³/mol. The zero-order valence-corrected chi connectivity index (χ0v) is 13.9. The molecule has 1 aliphatic heterocycles. The molecule has 3 N–H and O–H groups in total. The van der Waals surface area contributed by atoms with Gasteiger partial charge in [0.1, 0.15) is 0 Å². The Bertz CT molecular complexity index is 478. The maximum Gasteiger partial charge on any atom is 0.251 e. The Morgan fingerprint density at radius 2 is 1.73 bits per heavy atom. The van der Waals surface area contributed by atoms with Gasteiger partial charge in [-0.25, -0.2) is 0 Å². The molecule has 1 fully saturated rings. The van der Waals surface area contributed by atoms with E-state index in [0.29, 0.717) is 18.2 Å². The highest BCUT2D eigenvalue weighted by atomic mass is 16.1. The number of hydrogen-bond donors (Lipinski definition) is 2. The SMILES string of the molecule is CC(C)N1CCN(c2ccc(C(=O)N[C@@H](C)CN)cc2)CC1. The molecule has 0 unspecified atom stereocenters. The van der Waals surface area contributed by atoms with Crippen LogP contribution in [0.15, 0.2) is 24.3 Å². The quantitative estimate of drug-likeness (QED) is 0.860. The van der Waals surface area contributed by atoms with Crippen LogP contribution in [0, 0.1) is 0 Å². The lowest BCUT2D eigenvalue weighted by molar-refractivity contribution is 0.0941. The molecule has 1 aromatic rings. The molecule has 0 spiro atoms. The number of hydrogen-bond acceptors (Lipinski definition) is 4. The van der Waals surface area contributed by atoms with Crippen molar-refractivity contribution in [2.24, 2.45) is 5.73 Å². The third kappa shape index (κ3) is 4.21. The van der Waals surface area contributed by atoms with E-state index in [1.165, 1.54) is 5.69 Å². The lowest BCUT2D eigenvalue weighted by Crippen LogP contribution is -2.48. The highest BCUT2D eigenvalue weighted by Gasteiger charge is 2.19. The van der Waals surface area contributed by atoms with Crippen molar-refractivity contribution < 1.29 is 4.79 Å². The van der Waals surface area contributed by atoms with E-state index < -0.39 is 0 Å². The molecular formula is C17H28N4O. The van der Waals surface area contributed by atoms with Gasteiger partial charge in [-0.05, 0) is 45.0 Å². The van der Waals surface area contributed by atoms with Gasteiger partial charge in [0, 0.05) is 56.1 Å². The third-order valence-corrected chi connectivity index (χ3v) is 4.27. The molecule has 5 nitrogen and oxygen atoms in total. The molecule has 0 bridgehead atoms. The molecule has 1 heterocycles. The van der Waals surface area contributed by atoms with Gasteiger partial charge >= 0.3 is 0 Å². The van der Waals surface area contributed by atoms with E-state index in [9.17, 15) is 4.79 Å². The Labute approximate surface area is 133 Å². The van der Waals surface area contributed by atoms with E-state index in [1.54, 1.807) is 0 Å². The third-order valence-electron chi connectivity index (χ3n) is 4.27. The molecule has 0 saturated carbocycles. The van der Waals surface area contributed by atoms with Gasteiger partial charge in [-0.15, -0.1) is 0 Å². The second kappa shape index (κ2) is 7.61. The number of piperazine rings is 1.